The van der Waals surface area contributed by atoms with Crippen LogP contribution < -0.4 is 0 Å². The van der Waals surface area contributed by atoms with Crippen LogP contribution in [0.2, 0.25) is 0 Å². The summed E-state index contributed by atoms with van der Waals surface area (Å²) in [6, 6.07) is 7.73. The van der Waals surface area contributed by atoms with Crippen molar-refractivity contribution in [1.82, 2.24) is 4.98 Å². The van der Waals surface area contributed by atoms with Crippen molar-refractivity contribution in [3.63, 3.8) is 0 Å². The second kappa shape index (κ2) is 4.16. The number of H-pyrrole nitrogens is 1. The summed E-state index contributed by atoms with van der Waals surface area (Å²) < 4.78 is 0. The first-order valence-corrected chi connectivity index (χ1v) is 4.96. The molecule has 0 aliphatic rings. The molecule has 2 aromatic rings. The molecular weight excluding hydrogens is 188 g/mol. The molecule has 2 rings (SSSR count). The number of hydrogen-bond acceptors (Lipinski definition) is 2. The molecule has 3 heteroatoms. The van der Waals surface area contributed by atoms with Gasteiger partial charge in [-0.2, -0.15) is 5.26 Å². The van der Waals surface area contributed by atoms with Crippen LogP contribution in [0.4, 0.5) is 0 Å². The summed E-state index contributed by atoms with van der Waals surface area (Å²) in [4.78, 5) is 3.16. The molecule has 0 unspecified atom stereocenters. The predicted molar refractivity (Wildman–Crippen MR) is 58.4 cm³/mol. The number of aryl methyl sites for hydroxylation is 1. The topological polar surface area (TPSA) is 59.8 Å². The van der Waals surface area contributed by atoms with Gasteiger partial charge in [0.2, 0.25) is 0 Å². The fourth-order valence-corrected chi connectivity index (χ4v) is 1.72. The number of aromatic amines is 1. The normalized spacial score (nSPS) is 10.4. The second-order valence-electron chi connectivity index (χ2n) is 3.51. The third-order valence-corrected chi connectivity index (χ3v) is 2.50. The van der Waals surface area contributed by atoms with E-state index in [0.717, 1.165) is 29.3 Å². The minimum absolute atomic E-state index is 0.199. The average molecular weight is 200 g/mol. The molecule has 0 aliphatic carbocycles. The Kier molecular flexibility index (Phi) is 2.70. The SMILES string of the molecule is N#Cc1ccc2[nH]cc(CCCO)c2c1. The van der Waals surface area contributed by atoms with Gasteiger partial charge in [0.1, 0.15) is 0 Å². The first kappa shape index (κ1) is 9.75. The molecule has 0 radical (unpaired) electrons. The van der Waals surface area contributed by atoms with Crippen LogP contribution in [0.25, 0.3) is 10.9 Å². The van der Waals surface area contributed by atoms with Gasteiger partial charge in [-0.3, -0.25) is 0 Å². The highest BCUT2D eigenvalue weighted by Crippen LogP contribution is 2.20. The molecule has 0 spiro atoms. The number of fused-ring (bicyclic) bond motifs is 1. The van der Waals surface area contributed by atoms with Crippen molar-refractivity contribution < 1.29 is 5.11 Å². The minimum atomic E-state index is 0.199. The van der Waals surface area contributed by atoms with Crippen LogP contribution in [0.1, 0.15) is 17.5 Å². The molecule has 0 fully saturated rings. The first-order chi connectivity index (χ1) is 7.35. The number of aromatic nitrogens is 1. The zero-order valence-corrected chi connectivity index (χ0v) is 8.33. The molecule has 76 valence electrons. The number of aliphatic hydroxyl groups is 1. The van der Waals surface area contributed by atoms with Crippen LogP contribution in [0.15, 0.2) is 24.4 Å². The van der Waals surface area contributed by atoms with E-state index in [9.17, 15) is 0 Å². The van der Waals surface area contributed by atoms with E-state index in [1.807, 2.05) is 18.3 Å². The summed E-state index contributed by atoms with van der Waals surface area (Å²) in [6.07, 6.45) is 3.54. The monoisotopic (exact) mass is 200 g/mol. The van der Waals surface area contributed by atoms with E-state index in [1.165, 1.54) is 0 Å². The van der Waals surface area contributed by atoms with Crippen molar-refractivity contribution in [3.8, 4) is 6.07 Å². The van der Waals surface area contributed by atoms with E-state index in [4.69, 9.17) is 10.4 Å². The molecule has 1 heterocycles. The van der Waals surface area contributed by atoms with Crippen molar-refractivity contribution in [2.75, 3.05) is 6.61 Å². The zero-order valence-electron chi connectivity index (χ0n) is 8.33. The van der Waals surface area contributed by atoms with Crippen molar-refractivity contribution in [1.29, 1.82) is 5.26 Å². The third-order valence-electron chi connectivity index (χ3n) is 2.50. The van der Waals surface area contributed by atoms with E-state index in [-0.39, 0.29) is 6.61 Å². The molecule has 2 N–H and O–H groups in total. The summed E-state index contributed by atoms with van der Waals surface area (Å²) in [6.45, 7) is 0.199. The van der Waals surface area contributed by atoms with E-state index >= 15 is 0 Å². The van der Waals surface area contributed by atoms with Gasteiger partial charge >= 0.3 is 0 Å². The second-order valence-corrected chi connectivity index (χ2v) is 3.51. The number of nitriles is 1. The van der Waals surface area contributed by atoms with Gasteiger partial charge in [0, 0.05) is 23.7 Å². The molecule has 1 aromatic heterocycles. The molecule has 0 aliphatic heterocycles. The van der Waals surface area contributed by atoms with Gasteiger partial charge in [0.15, 0.2) is 0 Å². The van der Waals surface area contributed by atoms with Gasteiger partial charge in [-0.25, -0.2) is 0 Å². The van der Waals surface area contributed by atoms with E-state index in [1.54, 1.807) is 6.07 Å². The van der Waals surface area contributed by atoms with Gasteiger partial charge in [-0.1, -0.05) is 0 Å². The van der Waals surface area contributed by atoms with Crippen LogP contribution in [0, 0.1) is 11.3 Å². The highest BCUT2D eigenvalue weighted by atomic mass is 16.2. The van der Waals surface area contributed by atoms with Crippen LogP contribution in [0.5, 0.6) is 0 Å². The Balaban J connectivity index is 2.43. The maximum absolute atomic E-state index is 8.80. The lowest BCUT2D eigenvalue weighted by atomic mass is 10.1. The minimum Gasteiger partial charge on any atom is -0.396 e. The zero-order chi connectivity index (χ0) is 10.7. The predicted octanol–water partition coefficient (Wildman–Crippen LogP) is 1.96. The number of nitrogens with zero attached hydrogens (tertiary/aromatic N) is 1. The lowest BCUT2D eigenvalue weighted by molar-refractivity contribution is 0.289. The van der Waals surface area contributed by atoms with Gasteiger partial charge in [0.05, 0.1) is 11.6 Å². The van der Waals surface area contributed by atoms with Crippen LogP contribution >= 0.6 is 0 Å². The fourth-order valence-electron chi connectivity index (χ4n) is 1.72. The Hall–Kier alpha value is -1.79. The van der Waals surface area contributed by atoms with E-state index in [2.05, 4.69) is 11.1 Å². The maximum Gasteiger partial charge on any atom is 0.0991 e. The smallest absolute Gasteiger partial charge is 0.0991 e. The Bertz CT molecular complexity index is 508. The van der Waals surface area contributed by atoms with Crippen molar-refractivity contribution >= 4 is 10.9 Å². The highest BCUT2D eigenvalue weighted by molar-refractivity contribution is 5.84. The summed E-state index contributed by atoms with van der Waals surface area (Å²) in [7, 11) is 0. The molecule has 0 saturated carbocycles. The molecule has 0 bridgehead atoms. The largest absolute Gasteiger partial charge is 0.396 e. The fraction of sp³-hybridized carbons (Fsp3) is 0.250. The summed E-state index contributed by atoms with van der Waals surface area (Å²) >= 11 is 0. The molecule has 0 amide bonds. The van der Waals surface area contributed by atoms with Crippen LogP contribution in [-0.4, -0.2) is 16.7 Å². The summed E-state index contributed by atoms with van der Waals surface area (Å²) in [5.74, 6) is 0. The number of aliphatic hydroxyl groups excluding tert-OH is 1. The molecule has 0 saturated heterocycles. The Morgan fingerprint density at radius 3 is 3.00 bits per heavy atom. The van der Waals surface area contributed by atoms with Crippen LogP contribution in [0.3, 0.4) is 0 Å². The molecule has 15 heavy (non-hydrogen) atoms. The maximum atomic E-state index is 8.80. The van der Waals surface area contributed by atoms with Crippen LogP contribution in [-0.2, 0) is 6.42 Å². The van der Waals surface area contributed by atoms with Gasteiger partial charge < -0.3 is 10.1 Å². The number of nitrogens with one attached hydrogen (secondary N) is 1. The van der Waals surface area contributed by atoms with Gasteiger partial charge in [0.25, 0.3) is 0 Å². The Morgan fingerprint density at radius 2 is 2.27 bits per heavy atom. The van der Waals surface area contributed by atoms with E-state index in [0.29, 0.717) is 5.56 Å². The average Bonchev–Trinajstić information content (AvgIpc) is 2.68. The molecular formula is C12H12N2O. The lowest BCUT2D eigenvalue weighted by Crippen LogP contribution is -1.87. The number of rotatable bonds is 3. The van der Waals surface area contributed by atoms with Crippen molar-refractivity contribution in [2.45, 2.75) is 12.8 Å². The van der Waals surface area contributed by atoms with Crippen molar-refractivity contribution in [2.24, 2.45) is 0 Å². The summed E-state index contributed by atoms with van der Waals surface area (Å²) in [5, 5.41) is 18.7. The molecule has 1 aromatic carbocycles. The van der Waals surface area contributed by atoms with Gasteiger partial charge in [-0.05, 0) is 36.6 Å². The standard InChI is InChI=1S/C12H12N2O/c13-7-9-3-4-12-11(6-9)10(8-14-12)2-1-5-15/h3-4,6,8,14-15H,1-2,5H2. The first-order valence-electron chi connectivity index (χ1n) is 4.96. The quantitative estimate of drug-likeness (QED) is 0.795. The summed E-state index contributed by atoms with van der Waals surface area (Å²) in [5.41, 5.74) is 2.88. The molecule has 0 atom stereocenters. The van der Waals surface area contributed by atoms with Gasteiger partial charge in [-0.15, -0.1) is 0 Å². The van der Waals surface area contributed by atoms with Crippen molar-refractivity contribution in [3.05, 3.63) is 35.5 Å². The highest BCUT2D eigenvalue weighted by Gasteiger charge is 2.03. The number of benzene rings is 1. The van der Waals surface area contributed by atoms with E-state index < -0.39 is 0 Å². The third kappa shape index (κ3) is 1.85. The molecule has 3 nitrogen and oxygen atoms in total. The Morgan fingerprint density at radius 1 is 1.40 bits per heavy atom. The lowest BCUT2D eigenvalue weighted by Gasteiger charge is -1.97. The Labute approximate surface area is 88.0 Å². The number of hydrogen-bond donors (Lipinski definition) is 2.